The van der Waals surface area contributed by atoms with Gasteiger partial charge in [-0.05, 0) is 45.1 Å². The molecular weight excluding hydrogens is 220 g/mol. The van der Waals surface area contributed by atoms with Crippen LogP contribution in [0.25, 0.3) is 0 Å². The van der Waals surface area contributed by atoms with Crippen molar-refractivity contribution in [3.05, 3.63) is 34.9 Å². The van der Waals surface area contributed by atoms with E-state index in [9.17, 15) is 0 Å². The fourth-order valence-electron chi connectivity index (χ4n) is 3.95. The Morgan fingerprint density at radius 2 is 1.61 bits per heavy atom. The molecule has 2 saturated heterocycles. The van der Waals surface area contributed by atoms with Gasteiger partial charge in [0.05, 0.1) is 0 Å². The van der Waals surface area contributed by atoms with Gasteiger partial charge in [-0.25, -0.2) is 0 Å². The number of aryl methyl sites for hydroxylation is 2. The Balaban J connectivity index is 1.77. The lowest BCUT2D eigenvalue weighted by molar-refractivity contribution is 0.120. The fourth-order valence-corrected chi connectivity index (χ4v) is 3.95. The first-order valence-electron chi connectivity index (χ1n) is 7.20. The quantitative estimate of drug-likeness (QED) is 0.867. The Morgan fingerprint density at radius 1 is 1.06 bits per heavy atom. The van der Waals surface area contributed by atoms with Gasteiger partial charge in [0, 0.05) is 24.7 Å². The van der Waals surface area contributed by atoms with E-state index in [1.807, 2.05) is 0 Å². The van der Waals surface area contributed by atoms with E-state index in [1.54, 1.807) is 0 Å². The van der Waals surface area contributed by atoms with Crippen LogP contribution >= 0.6 is 0 Å². The second-order valence-electron chi connectivity index (χ2n) is 6.28. The van der Waals surface area contributed by atoms with Crippen molar-refractivity contribution in [2.24, 2.45) is 5.73 Å². The van der Waals surface area contributed by atoms with Crippen molar-refractivity contribution in [2.45, 2.75) is 64.2 Å². The molecule has 18 heavy (non-hydrogen) atoms. The van der Waals surface area contributed by atoms with E-state index in [1.165, 1.54) is 42.4 Å². The highest BCUT2D eigenvalue weighted by molar-refractivity contribution is 5.28. The molecule has 0 amide bonds. The molecule has 0 aliphatic carbocycles. The van der Waals surface area contributed by atoms with Gasteiger partial charge in [0.25, 0.3) is 0 Å². The number of piperidine rings is 1. The minimum Gasteiger partial charge on any atom is -0.328 e. The molecule has 2 unspecified atom stereocenters. The first kappa shape index (κ1) is 12.2. The van der Waals surface area contributed by atoms with Crippen LogP contribution in [0, 0.1) is 13.8 Å². The van der Waals surface area contributed by atoms with E-state index in [0.29, 0.717) is 6.04 Å². The highest BCUT2D eigenvalue weighted by Gasteiger charge is 2.39. The molecule has 2 atom stereocenters. The molecule has 3 rings (SSSR count). The molecule has 2 N–H and O–H groups in total. The monoisotopic (exact) mass is 244 g/mol. The molecule has 98 valence electrons. The number of hydrogen-bond donors (Lipinski definition) is 1. The summed E-state index contributed by atoms with van der Waals surface area (Å²) in [5.41, 5.74) is 10.4. The van der Waals surface area contributed by atoms with Gasteiger partial charge in [0.2, 0.25) is 0 Å². The Morgan fingerprint density at radius 3 is 2.17 bits per heavy atom. The Bertz CT molecular complexity index is 406. The van der Waals surface area contributed by atoms with Crippen molar-refractivity contribution in [3.8, 4) is 0 Å². The van der Waals surface area contributed by atoms with E-state index < -0.39 is 0 Å². The van der Waals surface area contributed by atoms with E-state index >= 15 is 0 Å². The molecule has 2 nitrogen and oxygen atoms in total. The zero-order valence-corrected chi connectivity index (χ0v) is 11.5. The van der Waals surface area contributed by atoms with Gasteiger partial charge >= 0.3 is 0 Å². The van der Waals surface area contributed by atoms with Crippen LogP contribution in [0.15, 0.2) is 18.2 Å². The highest BCUT2D eigenvalue weighted by Crippen LogP contribution is 2.36. The molecule has 1 aromatic rings. The maximum Gasteiger partial charge on any atom is 0.0239 e. The van der Waals surface area contributed by atoms with Crippen molar-refractivity contribution < 1.29 is 0 Å². The second-order valence-corrected chi connectivity index (χ2v) is 6.28. The van der Waals surface area contributed by atoms with Gasteiger partial charge in [-0.1, -0.05) is 29.3 Å². The SMILES string of the molecule is Cc1cc(C)cc(CN2C3CCC2CC(N)C3)c1. The molecule has 2 fully saturated rings. The Hall–Kier alpha value is -0.860. The number of benzene rings is 1. The standard InChI is InChI=1S/C16H24N2/c1-11-5-12(2)7-13(6-11)10-18-15-3-4-16(18)9-14(17)8-15/h5-7,14-16H,3-4,8-10,17H2,1-2H3. The van der Waals surface area contributed by atoms with E-state index in [4.69, 9.17) is 5.73 Å². The molecule has 0 spiro atoms. The lowest BCUT2D eigenvalue weighted by atomic mass is 9.97. The summed E-state index contributed by atoms with van der Waals surface area (Å²) in [5.74, 6) is 0. The second kappa shape index (κ2) is 4.67. The summed E-state index contributed by atoms with van der Waals surface area (Å²) in [5, 5.41) is 0. The van der Waals surface area contributed by atoms with Crippen LogP contribution in [0.5, 0.6) is 0 Å². The summed E-state index contributed by atoms with van der Waals surface area (Å²) in [4.78, 5) is 2.71. The minimum atomic E-state index is 0.443. The lowest BCUT2D eigenvalue weighted by Gasteiger charge is -2.37. The van der Waals surface area contributed by atoms with E-state index in [-0.39, 0.29) is 0 Å². The summed E-state index contributed by atoms with van der Waals surface area (Å²) in [6, 6.07) is 8.84. The summed E-state index contributed by atoms with van der Waals surface area (Å²) in [6.45, 7) is 5.50. The van der Waals surface area contributed by atoms with Crippen molar-refractivity contribution in [3.63, 3.8) is 0 Å². The fraction of sp³-hybridized carbons (Fsp3) is 0.625. The minimum absolute atomic E-state index is 0.443. The zero-order chi connectivity index (χ0) is 12.7. The highest BCUT2D eigenvalue weighted by atomic mass is 15.2. The molecule has 2 aliphatic rings. The summed E-state index contributed by atoms with van der Waals surface area (Å²) >= 11 is 0. The van der Waals surface area contributed by atoms with Crippen molar-refractivity contribution in [2.75, 3.05) is 0 Å². The third-order valence-corrected chi connectivity index (χ3v) is 4.57. The van der Waals surface area contributed by atoms with Crippen LogP contribution in [-0.4, -0.2) is 23.0 Å². The van der Waals surface area contributed by atoms with Crippen molar-refractivity contribution >= 4 is 0 Å². The van der Waals surface area contributed by atoms with Crippen LogP contribution in [0.1, 0.15) is 42.4 Å². The van der Waals surface area contributed by atoms with Crippen LogP contribution in [0.4, 0.5) is 0 Å². The molecule has 1 aromatic carbocycles. The Kier molecular flexibility index (Phi) is 3.16. The molecule has 2 heterocycles. The Labute approximate surface area is 110 Å². The first-order valence-corrected chi connectivity index (χ1v) is 7.20. The van der Waals surface area contributed by atoms with Crippen LogP contribution < -0.4 is 5.73 Å². The predicted octanol–water partition coefficient (Wildman–Crippen LogP) is 2.76. The van der Waals surface area contributed by atoms with E-state index in [0.717, 1.165) is 18.6 Å². The number of fused-ring (bicyclic) bond motifs is 2. The third kappa shape index (κ3) is 2.32. The van der Waals surface area contributed by atoms with Gasteiger partial charge in [-0.15, -0.1) is 0 Å². The maximum atomic E-state index is 6.13. The van der Waals surface area contributed by atoms with Gasteiger partial charge in [0.15, 0.2) is 0 Å². The summed E-state index contributed by atoms with van der Waals surface area (Å²) < 4.78 is 0. The average molecular weight is 244 g/mol. The van der Waals surface area contributed by atoms with Crippen molar-refractivity contribution in [1.29, 1.82) is 0 Å². The topological polar surface area (TPSA) is 29.3 Å². The maximum absolute atomic E-state index is 6.13. The summed E-state index contributed by atoms with van der Waals surface area (Å²) in [6.07, 6.45) is 5.09. The van der Waals surface area contributed by atoms with Gasteiger partial charge in [-0.2, -0.15) is 0 Å². The van der Waals surface area contributed by atoms with Crippen LogP contribution in [0.2, 0.25) is 0 Å². The molecule has 2 aliphatic heterocycles. The van der Waals surface area contributed by atoms with Crippen molar-refractivity contribution in [1.82, 2.24) is 4.90 Å². The molecule has 0 radical (unpaired) electrons. The molecule has 0 saturated carbocycles. The van der Waals surface area contributed by atoms with Gasteiger partial charge in [-0.3, -0.25) is 4.90 Å². The molecule has 0 aromatic heterocycles. The van der Waals surface area contributed by atoms with E-state index in [2.05, 4.69) is 36.9 Å². The van der Waals surface area contributed by atoms with Gasteiger partial charge in [0.1, 0.15) is 0 Å². The largest absolute Gasteiger partial charge is 0.328 e. The summed E-state index contributed by atoms with van der Waals surface area (Å²) in [7, 11) is 0. The number of hydrogen-bond acceptors (Lipinski definition) is 2. The molecule has 2 heteroatoms. The average Bonchev–Trinajstić information content (AvgIpc) is 2.53. The number of nitrogens with zero attached hydrogens (tertiary/aromatic N) is 1. The third-order valence-electron chi connectivity index (χ3n) is 4.57. The van der Waals surface area contributed by atoms with Gasteiger partial charge < -0.3 is 5.73 Å². The normalized spacial score (nSPS) is 31.8. The lowest BCUT2D eigenvalue weighted by Crippen LogP contribution is -2.46. The predicted molar refractivity (Wildman–Crippen MR) is 75.5 cm³/mol. The van der Waals surface area contributed by atoms with Crippen LogP contribution in [0.3, 0.4) is 0 Å². The first-order chi connectivity index (χ1) is 8.61. The molecule has 2 bridgehead atoms. The zero-order valence-electron chi connectivity index (χ0n) is 11.5. The molecular formula is C16H24N2. The number of nitrogens with two attached hydrogens (primary N) is 1. The smallest absolute Gasteiger partial charge is 0.0239 e. The van der Waals surface area contributed by atoms with Crippen LogP contribution in [-0.2, 0) is 6.54 Å². The number of rotatable bonds is 2.